The Kier molecular flexibility index (Phi) is 6.97. The fourth-order valence-electron chi connectivity index (χ4n) is 3.13. The number of hydrogen-bond acceptors (Lipinski definition) is 3. The number of carbonyl (C=O) groups excluding carboxylic acids is 1. The van der Waals surface area contributed by atoms with Gasteiger partial charge in [0.05, 0.1) is 16.6 Å². The van der Waals surface area contributed by atoms with Gasteiger partial charge >= 0.3 is 0 Å². The number of para-hydroxylation sites is 1. The van der Waals surface area contributed by atoms with Crippen LogP contribution < -0.4 is 9.62 Å². The zero-order chi connectivity index (χ0) is 22.6. The van der Waals surface area contributed by atoms with Crippen molar-refractivity contribution in [3.05, 3.63) is 94.8 Å². The van der Waals surface area contributed by atoms with E-state index in [1.807, 2.05) is 0 Å². The van der Waals surface area contributed by atoms with Crippen LogP contribution in [-0.2, 0) is 14.8 Å². The van der Waals surface area contributed by atoms with E-state index in [0.29, 0.717) is 21.8 Å². The molecule has 0 unspecified atom stereocenters. The monoisotopic (exact) mass is 460 g/mol. The Morgan fingerprint density at radius 3 is 2.26 bits per heavy atom. The summed E-state index contributed by atoms with van der Waals surface area (Å²) in [6, 6.07) is 18.1. The number of hydrogen-bond donors (Lipinski definition) is 1. The van der Waals surface area contributed by atoms with E-state index in [9.17, 15) is 17.6 Å². The molecule has 0 bridgehead atoms. The van der Waals surface area contributed by atoms with Crippen LogP contribution in [0.15, 0.2) is 77.7 Å². The van der Waals surface area contributed by atoms with E-state index >= 15 is 0 Å². The van der Waals surface area contributed by atoms with Crippen LogP contribution in [0.25, 0.3) is 0 Å². The van der Waals surface area contributed by atoms with Crippen LogP contribution in [0.5, 0.6) is 0 Å². The van der Waals surface area contributed by atoms with Crippen molar-refractivity contribution in [2.75, 3.05) is 10.8 Å². The van der Waals surface area contributed by atoms with E-state index < -0.39 is 28.5 Å². The molecule has 0 radical (unpaired) electrons. The van der Waals surface area contributed by atoms with Crippen molar-refractivity contribution in [1.29, 1.82) is 0 Å². The molecule has 0 aliphatic rings. The van der Waals surface area contributed by atoms with E-state index in [2.05, 4.69) is 5.32 Å². The molecule has 0 saturated heterocycles. The maximum Gasteiger partial charge on any atom is 0.264 e. The summed E-state index contributed by atoms with van der Waals surface area (Å²) < 4.78 is 41.0. The summed E-state index contributed by atoms with van der Waals surface area (Å²) >= 11 is 5.90. The van der Waals surface area contributed by atoms with Gasteiger partial charge in [-0.1, -0.05) is 41.9 Å². The van der Waals surface area contributed by atoms with Crippen molar-refractivity contribution >= 4 is 33.2 Å². The first-order chi connectivity index (χ1) is 14.7. The molecule has 1 atom stereocenters. The Labute approximate surface area is 186 Å². The molecule has 0 aromatic heterocycles. The molecule has 0 spiro atoms. The Morgan fingerprint density at radius 1 is 1.03 bits per heavy atom. The lowest BCUT2D eigenvalue weighted by Crippen LogP contribution is -2.41. The zero-order valence-corrected chi connectivity index (χ0v) is 18.6. The lowest BCUT2D eigenvalue weighted by atomic mass is 10.1. The van der Waals surface area contributed by atoms with Crippen LogP contribution in [0.1, 0.15) is 24.1 Å². The molecule has 0 aliphatic heterocycles. The number of rotatable bonds is 7. The Hall–Kier alpha value is -2.90. The minimum Gasteiger partial charge on any atom is -0.348 e. The molecule has 31 heavy (non-hydrogen) atoms. The van der Waals surface area contributed by atoms with Crippen LogP contribution in [0.3, 0.4) is 0 Å². The highest BCUT2D eigenvalue weighted by Crippen LogP contribution is 2.27. The van der Waals surface area contributed by atoms with Crippen LogP contribution in [0.4, 0.5) is 10.1 Å². The minimum atomic E-state index is -4.03. The molecule has 0 fully saturated rings. The minimum absolute atomic E-state index is 0.0273. The van der Waals surface area contributed by atoms with Gasteiger partial charge in [0.2, 0.25) is 5.91 Å². The second-order valence-corrected chi connectivity index (χ2v) is 9.39. The number of anilines is 1. The first-order valence-corrected chi connectivity index (χ1v) is 11.4. The van der Waals surface area contributed by atoms with Crippen molar-refractivity contribution < 1.29 is 17.6 Å². The van der Waals surface area contributed by atoms with E-state index in [1.165, 1.54) is 36.4 Å². The molecule has 8 heteroatoms. The molecule has 1 amide bonds. The highest BCUT2D eigenvalue weighted by Gasteiger charge is 2.28. The third kappa shape index (κ3) is 5.42. The van der Waals surface area contributed by atoms with Crippen LogP contribution in [0, 0.1) is 12.7 Å². The number of carbonyl (C=O) groups is 1. The first-order valence-electron chi connectivity index (χ1n) is 9.57. The van der Waals surface area contributed by atoms with Gasteiger partial charge in [-0.25, -0.2) is 12.8 Å². The maximum absolute atomic E-state index is 13.4. The Morgan fingerprint density at radius 2 is 1.65 bits per heavy atom. The molecule has 0 aliphatic carbocycles. The highest BCUT2D eigenvalue weighted by molar-refractivity contribution is 7.92. The van der Waals surface area contributed by atoms with Gasteiger partial charge < -0.3 is 5.32 Å². The standard InChI is InChI=1S/C23H22ClFN2O3S/c1-16-5-3-4-6-22(16)27(31(29,30)21-13-9-19(24)10-14-21)15-23(28)26-17(2)18-7-11-20(25)12-8-18/h3-14,17H,15H2,1-2H3,(H,26,28)/t17-/m0/s1. The lowest BCUT2D eigenvalue weighted by Gasteiger charge is -2.26. The lowest BCUT2D eigenvalue weighted by molar-refractivity contribution is -0.120. The molecule has 1 N–H and O–H groups in total. The molecular formula is C23H22ClFN2O3S. The third-order valence-electron chi connectivity index (χ3n) is 4.82. The summed E-state index contributed by atoms with van der Waals surface area (Å²) in [5, 5.41) is 3.19. The highest BCUT2D eigenvalue weighted by atomic mass is 35.5. The smallest absolute Gasteiger partial charge is 0.264 e. The fourth-order valence-corrected chi connectivity index (χ4v) is 4.74. The van der Waals surface area contributed by atoms with Gasteiger partial charge in [0, 0.05) is 5.02 Å². The summed E-state index contributed by atoms with van der Waals surface area (Å²) in [6.45, 7) is 3.11. The van der Waals surface area contributed by atoms with Crippen molar-refractivity contribution in [3.8, 4) is 0 Å². The molecule has 0 saturated carbocycles. The topological polar surface area (TPSA) is 66.5 Å². The number of halogens is 2. The van der Waals surface area contributed by atoms with Crippen molar-refractivity contribution in [2.45, 2.75) is 24.8 Å². The van der Waals surface area contributed by atoms with Gasteiger partial charge in [-0.05, 0) is 67.4 Å². The van der Waals surface area contributed by atoms with E-state index in [0.717, 1.165) is 4.31 Å². The van der Waals surface area contributed by atoms with Crippen LogP contribution in [0.2, 0.25) is 5.02 Å². The van der Waals surface area contributed by atoms with Gasteiger partial charge in [0.15, 0.2) is 0 Å². The van der Waals surface area contributed by atoms with Crippen molar-refractivity contribution in [1.82, 2.24) is 5.32 Å². The number of nitrogens with one attached hydrogen (secondary N) is 1. The predicted octanol–water partition coefficient (Wildman–Crippen LogP) is 4.86. The van der Waals surface area contributed by atoms with Gasteiger partial charge in [-0.2, -0.15) is 0 Å². The number of benzene rings is 3. The van der Waals surface area contributed by atoms with Crippen LogP contribution >= 0.6 is 11.6 Å². The quantitative estimate of drug-likeness (QED) is 0.547. The predicted molar refractivity (Wildman–Crippen MR) is 120 cm³/mol. The summed E-state index contributed by atoms with van der Waals surface area (Å²) in [5.74, 6) is -0.861. The molecular weight excluding hydrogens is 439 g/mol. The average molecular weight is 461 g/mol. The molecule has 3 aromatic carbocycles. The second-order valence-electron chi connectivity index (χ2n) is 7.09. The number of aryl methyl sites for hydroxylation is 1. The van der Waals surface area contributed by atoms with Crippen LogP contribution in [-0.4, -0.2) is 20.9 Å². The van der Waals surface area contributed by atoms with E-state index in [4.69, 9.17) is 11.6 Å². The summed E-state index contributed by atoms with van der Waals surface area (Å²) in [5.41, 5.74) is 1.82. The largest absolute Gasteiger partial charge is 0.348 e. The van der Waals surface area contributed by atoms with Gasteiger partial charge in [-0.3, -0.25) is 9.10 Å². The van der Waals surface area contributed by atoms with Gasteiger partial charge in [0.25, 0.3) is 10.0 Å². The Bertz CT molecular complexity index is 1170. The molecule has 3 aromatic rings. The van der Waals surface area contributed by atoms with E-state index in [1.54, 1.807) is 50.2 Å². The third-order valence-corrected chi connectivity index (χ3v) is 6.85. The van der Waals surface area contributed by atoms with Crippen molar-refractivity contribution in [2.24, 2.45) is 0 Å². The first kappa shape index (κ1) is 22.8. The molecule has 0 heterocycles. The maximum atomic E-state index is 13.4. The van der Waals surface area contributed by atoms with Gasteiger partial charge in [-0.15, -0.1) is 0 Å². The molecule has 5 nitrogen and oxygen atoms in total. The van der Waals surface area contributed by atoms with Crippen molar-refractivity contribution in [3.63, 3.8) is 0 Å². The number of nitrogens with zero attached hydrogens (tertiary/aromatic N) is 1. The van der Waals surface area contributed by atoms with Gasteiger partial charge in [0.1, 0.15) is 12.4 Å². The van der Waals surface area contributed by atoms with E-state index in [-0.39, 0.29) is 10.7 Å². The number of amides is 1. The molecule has 162 valence electrons. The second kappa shape index (κ2) is 9.49. The molecule has 3 rings (SSSR count). The fraction of sp³-hybridized carbons (Fsp3) is 0.174. The summed E-state index contributed by atoms with van der Waals surface area (Å²) in [4.78, 5) is 12.8. The SMILES string of the molecule is Cc1ccccc1N(CC(=O)N[C@@H](C)c1ccc(F)cc1)S(=O)(=O)c1ccc(Cl)cc1. The normalized spacial score (nSPS) is 12.3. The number of sulfonamides is 1. The summed E-state index contributed by atoms with van der Waals surface area (Å²) in [7, 11) is -4.03. The average Bonchev–Trinajstić information content (AvgIpc) is 2.73. The zero-order valence-electron chi connectivity index (χ0n) is 17.0. The summed E-state index contributed by atoms with van der Waals surface area (Å²) in [6.07, 6.45) is 0. The Balaban J connectivity index is 1.90.